The molecule has 1 heterocycles. The van der Waals surface area contributed by atoms with Crippen LogP contribution in [0.4, 0.5) is 5.69 Å². The van der Waals surface area contributed by atoms with Crippen molar-refractivity contribution >= 4 is 28.5 Å². The molecule has 0 aliphatic carbocycles. The summed E-state index contributed by atoms with van der Waals surface area (Å²) in [6, 6.07) is 5.12. The van der Waals surface area contributed by atoms with Gasteiger partial charge in [0, 0.05) is 43.8 Å². The van der Waals surface area contributed by atoms with Gasteiger partial charge in [0.1, 0.15) is 5.58 Å². The fourth-order valence-corrected chi connectivity index (χ4v) is 5.49. The second-order valence-electron chi connectivity index (χ2n) is 13.3. The number of carbonyl (C=O) groups excluding carboxylic acids is 2. The highest BCUT2D eigenvalue weighted by molar-refractivity contribution is 5.86. The van der Waals surface area contributed by atoms with E-state index in [1.54, 1.807) is 37.1 Å². The molecule has 2 rings (SSSR count). The highest BCUT2D eigenvalue weighted by Gasteiger charge is 2.20. The summed E-state index contributed by atoms with van der Waals surface area (Å²) in [4.78, 5) is 39.4. The number of ether oxygens (including phenoxy) is 12. The van der Waals surface area contributed by atoms with Gasteiger partial charge in [-0.2, -0.15) is 0 Å². The fraction of sp³-hybridized carbons (Fsp3) is 0.738. The average Bonchev–Trinajstić information content (AvgIpc) is 3.24. The molecule has 1 aromatic carbocycles. The lowest BCUT2D eigenvalue weighted by atomic mass is 10.0. The SMILES string of the molecule is COCCOCCOCCOCCOCCOCCOCCOCCOCCOCCOCCN(CCCCCC(=O)OC)C(=O)Cc1c(C)c2ccc(N)cc2oc1=O. The lowest BCUT2D eigenvalue weighted by Gasteiger charge is -2.23. The van der Waals surface area contributed by atoms with E-state index in [-0.39, 0.29) is 18.3 Å². The summed E-state index contributed by atoms with van der Waals surface area (Å²) >= 11 is 0. The molecule has 0 saturated heterocycles. The van der Waals surface area contributed by atoms with Crippen LogP contribution >= 0.6 is 0 Å². The van der Waals surface area contributed by atoms with Gasteiger partial charge in [-0.25, -0.2) is 4.79 Å². The largest absolute Gasteiger partial charge is 0.469 e. The van der Waals surface area contributed by atoms with E-state index in [1.807, 2.05) is 0 Å². The zero-order valence-electron chi connectivity index (χ0n) is 36.1. The van der Waals surface area contributed by atoms with Crippen molar-refractivity contribution in [2.75, 3.05) is 172 Å². The Labute approximate surface area is 354 Å². The Morgan fingerprint density at radius 3 is 1.45 bits per heavy atom. The first kappa shape index (κ1) is 52.9. The van der Waals surface area contributed by atoms with Gasteiger partial charge in [-0.15, -0.1) is 0 Å². The second kappa shape index (κ2) is 36.4. The Morgan fingerprint density at radius 2 is 1.02 bits per heavy atom. The number of nitrogens with two attached hydrogens (primary N) is 1. The molecule has 1 aromatic heterocycles. The van der Waals surface area contributed by atoms with Crippen molar-refractivity contribution in [3.05, 3.63) is 39.7 Å². The van der Waals surface area contributed by atoms with E-state index < -0.39 is 5.63 Å². The van der Waals surface area contributed by atoms with Crippen molar-refractivity contribution in [2.45, 2.75) is 39.0 Å². The monoisotopic (exact) mass is 858 g/mol. The molecule has 0 atom stereocenters. The number of unbranched alkanes of at least 4 members (excludes halogenated alkanes) is 2. The summed E-state index contributed by atoms with van der Waals surface area (Å²) < 4.78 is 70.1. The van der Waals surface area contributed by atoms with Crippen LogP contribution in [0.5, 0.6) is 0 Å². The molecule has 0 bridgehead atoms. The quantitative estimate of drug-likeness (QED) is 0.0442. The Morgan fingerprint density at radius 1 is 0.583 bits per heavy atom. The van der Waals surface area contributed by atoms with Gasteiger partial charge in [-0.05, 0) is 37.5 Å². The minimum absolute atomic E-state index is 0.101. The molecule has 0 fully saturated rings. The molecule has 0 saturated carbocycles. The average molecular weight is 859 g/mol. The number of esters is 1. The maximum atomic E-state index is 13.5. The molecule has 0 aliphatic rings. The van der Waals surface area contributed by atoms with Gasteiger partial charge in [0.05, 0.1) is 158 Å². The van der Waals surface area contributed by atoms with Crippen LogP contribution in [0.25, 0.3) is 11.0 Å². The number of aryl methyl sites for hydroxylation is 1. The molecule has 0 unspecified atom stereocenters. The van der Waals surface area contributed by atoms with Crippen LogP contribution in [0, 0.1) is 6.92 Å². The summed E-state index contributed by atoms with van der Waals surface area (Å²) in [5, 5.41) is 0.732. The van der Waals surface area contributed by atoms with Crippen LogP contribution in [0.2, 0.25) is 0 Å². The van der Waals surface area contributed by atoms with E-state index in [0.29, 0.717) is 193 Å². The van der Waals surface area contributed by atoms with Crippen molar-refractivity contribution < 1.29 is 70.8 Å². The van der Waals surface area contributed by atoms with Gasteiger partial charge >= 0.3 is 11.6 Å². The van der Waals surface area contributed by atoms with Crippen LogP contribution in [0.15, 0.2) is 27.4 Å². The fourth-order valence-electron chi connectivity index (χ4n) is 5.49. The summed E-state index contributed by atoms with van der Waals surface area (Å²) in [5.74, 6) is -0.471. The van der Waals surface area contributed by atoms with Crippen molar-refractivity contribution in [3.63, 3.8) is 0 Å². The molecule has 18 heteroatoms. The van der Waals surface area contributed by atoms with Crippen LogP contribution in [-0.4, -0.2) is 183 Å². The number of nitrogen functional groups attached to an aromatic ring is 1. The number of carbonyl (C=O) groups is 2. The molecule has 1 amide bonds. The minimum Gasteiger partial charge on any atom is -0.469 e. The van der Waals surface area contributed by atoms with Crippen molar-refractivity contribution in [1.82, 2.24) is 4.90 Å². The Balaban J connectivity index is 1.43. The standard InChI is InChI=1S/C42H70N2O16/c1-35-37-9-8-36(43)33-39(37)60-42(47)38(35)34-40(45)44(10-6-4-5-7-41(46)49-3)11-12-50-15-16-52-19-20-54-23-24-56-27-28-58-31-32-59-30-29-57-26-25-55-22-21-53-18-17-51-14-13-48-2/h8-9,33H,4-7,10-32,34,43H2,1-3H3. The Hall–Kier alpha value is -3.27. The topological polar surface area (TPSA) is 204 Å². The summed E-state index contributed by atoms with van der Waals surface area (Å²) in [7, 11) is 3.00. The van der Waals surface area contributed by atoms with Crippen molar-refractivity contribution in [3.8, 4) is 0 Å². The highest BCUT2D eigenvalue weighted by Crippen LogP contribution is 2.22. The Bertz CT molecular complexity index is 1440. The van der Waals surface area contributed by atoms with E-state index >= 15 is 0 Å². The summed E-state index contributed by atoms with van der Waals surface area (Å²) in [6.07, 6.45) is 2.31. The zero-order chi connectivity index (χ0) is 43.3. The first-order valence-electron chi connectivity index (χ1n) is 20.8. The van der Waals surface area contributed by atoms with Crippen molar-refractivity contribution in [2.24, 2.45) is 0 Å². The Kier molecular flexibility index (Phi) is 32.1. The number of rotatable bonds is 41. The third-order valence-corrected chi connectivity index (χ3v) is 8.81. The third-order valence-electron chi connectivity index (χ3n) is 8.81. The van der Waals surface area contributed by atoms with Crippen LogP contribution in [-0.2, 0) is 72.9 Å². The number of hydrogen-bond donors (Lipinski definition) is 1. The highest BCUT2D eigenvalue weighted by atomic mass is 16.6. The molecule has 18 nitrogen and oxygen atoms in total. The molecular weight excluding hydrogens is 788 g/mol. The molecule has 344 valence electrons. The van der Waals surface area contributed by atoms with E-state index in [9.17, 15) is 14.4 Å². The molecule has 2 N–H and O–H groups in total. The van der Waals surface area contributed by atoms with E-state index in [0.717, 1.165) is 11.8 Å². The summed E-state index contributed by atoms with van der Waals surface area (Å²) in [6.45, 7) is 12.4. The van der Waals surface area contributed by atoms with Crippen LogP contribution in [0.3, 0.4) is 0 Å². The molecule has 2 aromatic rings. The van der Waals surface area contributed by atoms with Gasteiger partial charge in [-0.1, -0.05) is 6.42 Å². The molecule has 0 spiro atoms. The maximum absolute atomic E-state index is 13.5. The van der Waals surface area contributed by atoms with Crippen LogP contribution < -0.4 is 11.4 Å². The van der Waals surface area contributed by atoms with Crippen LogP contribution in [0.1, 0.15) is 36.8 Å². The number of hydrogen-bond acceptors (Lipinski definition) is 17. The van der Waals surface area contributed by atoms with E-state index in [2.05, 4.69) is 0 Å². The molecule has 0 aliphatic heterocycles. The first-order valence-corrected chi connectivity index (χ1v) is 20.8. The first-order chi connectivity index (χ1) is 29.4. The van der Waals surface area contributed by atoms with Gasteiger partial charge in [0.25, 0.3) is 0 Å². The molecule has 0 radical (unpaired) electrons. The second-order valence-corrected chi connectivity index (χ2v) is 13.3. The molecule has 60 heavy (non-hydrogen) atoms. The predicted molar refractivity (Wildman–Crippen MR) is 222 cm³/mol. The van der Waals surface area contributed by atoms with E-state index in [4.69, 9.17) is 67.0 Å². The number of benzene rings is 1. The lowest BCUT2D eigenvalue weighted by Crippen LogP contribution is -2.37. The van der Waals surface area contributed by atoms with E-state index in [1.165, 1.54) is 7.11 Å². The maximum Gasteiger partial charge on any atom is 0.340 e. The number of amides is 1. The number of fused-ring (bicyclic) bond motifs is 1. The van der Waals surface area contributed by atoms with Gasteiger partial charge in [0.15, 0.2) is 0 Å². The van der Waals surface area contributed by atoms with Gasteiger partial charge in [-0.3, -0.25) is 9.59 Å². The number of anilines is 1. The zero-order valence-corrected chi connectivity index (χ0v) is 36.1. The lowest BCUT2D eigenvalue weighted by molar-refractivity contribution is -0.140. The van der Waals surface area contributed by atoms with Gasteiger partial charge < -0.3 is 71.9 Å². The third kappa shape index (κ3) is 26.2. The number of methoxy groups -OCH3 is 2. The van der Waals surface area contributed by atoms with Crippen molar-refractivity contribution in [1.29, 1.82) is 0 Å². The number of nitrogens with zero attached hydrogens (tertiary/aromatic N) is 1. The molecular formula is C42H70N2O16. The minimum atomic E-state index is -0.558. The normalized spacial score (nSPS) is 11.4. The smallest absolute Gasteiger partial charge is 0.340 e. The van der Waals surface area contributed by atoms with Gasteiger partial charge in [0.2, 0.25) is 5.91 Å². The summed E-state index contributed by atoms with van der Waals surface area (Å²) in [5.41, 5.74) is 7.16. The predicted octanol–water partition coefficient (Wildman–Crippen LogP) is 2.60.